The van der Waals surface area contributed by atoms with Gasteiger partial charge in [0.15, 0.2) is 0 Å². The van der Waals surface area contributed by atoms with E-state index in [4.69, 9.17) is 10.5 Å². The summed E-state index contributed by atoms with van der Waals surface area (Å²) < 4.78 is 5.77. The molecule has 0 saturated carbocycles. The lowest BCUT2D eigenvalue weighted by Crippen LogP contribution is -2.57. The minimum absolute atomic E-state index is 0.0240. The standard InChI is InChI=1S/C15H32N2O2/c1-11(2)8-7-9-19-13(5)10-15(6,14(16)18)17-12(3)4/h11-13,17H,7-10H2,1-6H3,(H2,16,18). The van der Waals surface area contributed by atoms with Crippen LogP contribution in [0.4, 0.5) is 0 Å². The Morgan fingerprint density at radius 3 is 2.26 bits per heavy atom. The molecule has 0 aromatic carbocycles. The number of carbonyl (C=O) groups excluding carboxylic acids is 1. The van der Waals surface area contributed by atoms with Gasteiger partial charge in [0.25, 0.3) is 0 Å². The minimum Gasteiger partial charge on any atom is -0.378 e. The zero-order valence-corrected chi connectivity index (χ0v) is 13.5. The average molecular weight is 272 g/mol. The molecule has 1 amide bonds. The third-order valence-corrected chi connectivity index (χ3v) is 3.17. The molecule has 0 spiro atoms. The van der Waals surface area contributed by atoms with Crippen molar-refractivity contribution in [2.24, 2.45) is 11.7 Å². The first-order chi connectivity index (χ1) is 8.67. The normalized spacial score (nSPS) is 16.6. The molecule has 0 aromatic heterocycles. The second-order valence-electron chi connectivity index (χ2n) is 6.42. The molecule has 4 heteroatoms. The Morgan fingerprint density at radius 2 is 1.84 bits per heavy atom. The van der Waals surface area contributed by atoms with E-state index >= 15 is 0 Å². The summed E-state index contributed by atoms with van der Waals surface area (Å²) in [6.45, 7) is 13.0. The third kappa shape index (κ3) is 8.22. The highest BCUT2D eigenvalue weighted by molar-refractivity contribution is 5.84. The summed E-state index contributed by atoms with van der Waals surface area (Å²) in [7, 11) is 0. The van der Waals surface area contributed by atoms with Gasteiger partial charge in [-0.2, -0.15) is 0 Å². The topological polar surface area (TPSA) is 64.3 Å². The molecule has 2 unspecified atom stereocenters. The number of carbonyl (C=O) groups is 1. The van der Waals surface area contributed by atoms with Crippen LogP contribution < -0.4 is 11.1 Å². The van der Waals surface area contributed by atoms with Gasteiger partial charge in [-0.1, -0.05) is 13.8 Å². The van der Waals surface area contributed by atoms with E-state index in [1.807, 2.05) is 27.7 Å². The molecule has 0 aliphatic carbocycles. The van der Waals surface area contributed by atoms with Crippen molar-refractivity contribution in [2.45, 2.75) is 78.5 Å². The van der Waals surface area contributed by atoms with Crippen molar-refractivity contribution in [3.63, 3.8) is 0 Å². The Bertz CT molecular complexity index is 267. The number of nitrogens with one attached hydrogen (secondary N) is 1. The van der Waals surface area contributed by atoms with E-state index < -0.39 is 5.54 Å². The molecule has 0 heterocycles. The third-order valence-electron chi connectivity index (χ3n) is 3.17. The fourth-order valence-electron chi connectivity index (χ4n) is 2.28. The Balaban J connectivity index is 4.17. The van der Waals surface area contributed by atoms with Gasteiger partial charge in [-0.3, -0.25) is 4.79 Å². The SMILES string of the molecule is CC(C)CCCOC(C)CC(C)(NC(C)C)C(N)=O. The monoisotopic (exact) mass is 272 g/mol. The van der Waals surface area contributed by atoms with Crippen LogP contribution in [0.1, 0.15) is 60.8 Å². The highest BCUT2D eigenvalue weighted by Gasteiger charge is 2.33. The molecule has 114 valence electrons. The Labute approximate surface area is 118 Å². The number of amides is 1. The smallest absolute Gasteiger partial charge is 0.237 e. The lowest BCUT2D eigenvalue weighted by molar-refractivity contribution is -0.125. The van der Waals surface area contributed by atoms with Gasteiger partial charge in [0.2, 0.25) is 5.91 Å². The van der Waals surface area contributed by atoms with Gasteiger partial charge in [-0.05, 0) is 46.5 Å². The molecule has 19 heavy (non-hydrogen) atoms. The molecular weight excluding hydrogens is 240 g/mol. The lowest BCUT2D eigenvalue weighted by Gasteiger charge is -2.32. The molecule has 0 aromatic rings. The molecular formula is C15H32N2O2. The van der Waals surface area contributed by atoms with Crippen molar-refractivity contribution in [3.05, 3.63) is 0 Å². The van der Waals surface area contributed by atoms with Gasteiger partial charge in [0, 0.05) is 19.1 Å². The molecule has 0 bridgehead atoms. The molecule has 0 rings (SSSR count). The van der Waals surface area contributed by atoms with Crippen LogP contribution >= 0.6 is 0 Å². The summed E-state index contributed by atoms with van der Waals surface area (Å²) in [6.07, 6.45) is 2.86. The van der Waals surface area contributed by atoms with Crippen LogP contribution in [0.2, 0.25) is 0 Å². The van der Waals surface area contributed by atoms with E-state index in [9.17, 15) is 4.79 Å². The minimum atomic E-state index is -0.703. The highest BCUT2D eigenvalue weighted by Crippen LogP contribution is 2.16. The fraction of sp³-hybridized carbons (Fsp3) is 0.933. The van der Waals surface area contributed by atoms with Crippen molar-refractivity contribution >= 4 is 5.91 Å². The van der Waals surface area contributed by atoms with Crippen LogP contribution in [0.5, 0.6) is 0 Å². The number of hydrogen-bond donors (Lipinski definition) is 2. The van der Waals surface area contributed by atoms with Crippen molar-refractivity contribution in [3.8, 4) is 0 Å². The zero-order chi connectivity index (χ0) is 15.1. The first kappa shape index (κ1) is 18.4. The van der Waals surface area contributed by atoms with E-state index in [0.29, 0.717) is 12.3 Å². The number of primary amides is 1. The summed E-state index contributed by atoms with van der Waals surface area (Å²) >= 11 is 0. The van der Waals surface area contributed by atoms with E-state index in [2.05, 4.69) is 19.2 Å². The second kappa shape index (κ2) is 8.54. The zero-order valence-electron chi connectivity index (χ0n) is 13.5. The largest absolute Gasteiger partial charge is 0.378 e. The van der Waals surface area contributed by atoms with Gasteiger partial charge < -0.3 is 15.8 Å². The summed E-state index contributed by atoms with van der Waals surface area (Å²) in [5.41, 5.74) is 4.80. The van der Waals surface area contributed by atoms with E-state index in [-0.39, 0.29) is 18.1 Å². The predicted octanol–water partition coefficient (Wildman–Crippen LogP) is 2.46. The summed E-state index contributed by atoms with van der Waals surface area (Å²) in [4.78, 5) is 11.6. The van der Waals surface area contributed by atoms with Crippen molar-refractivity contribution < 1.29 is 9.53 Å². The summed E-state index contributed by atoms with van der Waals surface area (Å²) in [5.74, 6) is 0.385. The molecule has 3 N–H and O–H groups in total. The van der Waals surface area contributed by atoms with E-state index in [1.165, 1.54) is 6.42 Å². The Hall–Kier alpha value is -0.610. The Morgan fingerprint density at radius 1 is 1.26 bits per heavy atom. The van der Waals surface area contributed by atoms with Crippen LogP contribution in [-0.4, -0.2) is 30.2 Å². The predicted molar refractivity (Wildman–Crippen MR) is 80.0 cm³/mol. The van der Waals surface area contributed by atoms with Crippen molar-refractivity contribution in [1.82, 2.24) is 5.32 Å². The van der Waals surface area contributed by atoms with Crippen LogP contribution in [0.3, 0.4) is 0 Å². The summed E-state index contributed by atoms with van der Waals surface area (Å²) in [6, 6.07) is 0.214. The first-order valence-corrected chi connectivity index (χ1v) is 7.36. The highest BCUT2D eigenvalue weighted by atomic mass is 16.5. The van der Waals surface area contributed by atoms with E-state index in [1.54, 1.807) is 0 Å². The van der Waals surface area contributed by atoms with Crippen LogP contribution in [0.15, 0.2) is 0 Å². The molecule has 0 aliphatic rings. The number of rotatable bonds is 10. The average Bonchev–Trinajstić information content (AvgIpc) is 2.22. The van der Waals surface area contributed by atoms with Gasteiger partial charge in [-0.25, -0.2) is 0 Å². The molecule has 0 saturated heterocycles. The quantitative estimate of drug-likeness (QED) is 0.600. The number of hydrogen-bond acceptors (Lipinski definition) is 3. The van der Waals surface area contributed by atoms with Gasteiger partial charge >= 0.3 is 0 Å². The van der Waals surface area contributed by atoms with E-state index in [0.717, 1.165) is 13.0 Å². The molecule has 0 fully saturated rings. The summed E-state index contributed by atoms with van der Waals surface area (Å²) in [5, 5.41) is 3.24. The first-order valence-electron chi connectivity index (χ1n) is 7.36. The Kier molecular flexibility index (Phi) is 8.26. The van der Waals surface area contributed by atoms with Gasteiger partial charge in [0.05, 0.1) is 11.6 Å². The van der Waals surface area contributed by atoms with Crippen molar-refractivity contribution in [2.75, 3.05) is 6.61 Å². The lowest BCUT2D eigenvalue weighted by atomic mass is 9.93. The molecule has 2 atom stereocenters. The van der Waals surface area contributed by atoms with Gasteiger partial charge in [-0.15, -0.1) is 0 Å². The van der Waals surface area contributed by atoms with Crippen molar-refractivity contribution in [1.29, 1.82) is 0 Å². The molecule has 0 radical (unpaired) electrons. The number of ether oxygens (including phenoxy) is 1. The second-order valence-corrected chi connectivity index (χ2v) is 6.42. The fourth-order valence-corrected chi connectivity index (χ4v) is 2.28. The number of nitrogens with two attached hydrogens (primary N) is 1. The maximum Gasteiger partial charge on any atom is 0.237 e. The maximum absolute atomic E-state index is 11.6. The van der Waals surface area contributed by atoms with Crippen LogP contribution in [0.25, 0.3) is 0 Å². The maximum atomic E-state index is 11.6. The van der Waals surface area contributed by atoms with Gasteiger partial charge in [0.1, 0.15) is 0 Å². The molecule has 0 aliphatic heterocycles. The van der Waals surface area contributed by atoms with Crippen LogP contribution in [-0.2, 0) is 9.53 Å². The van der Waals surface area contributed by atoms with Crippen LogP contribution in [0, 0.1) is 5.92 Å². The molecule has 4 nitrogen and oxygen atoms in total.